The first kappa shape index (κ1) is 21.0. The number of carboxylic acid groups (broad SMARTS) is 1. The van der Waals surface area contributed by atoms with Gasteiger partial charge in [0.2, 0.25) is 5.78 Å². The second-order valence-electron chi connectivity index (χ2n) is 5.38. The molecule has 0 bridgehead atoms. The molecular formula is C17H17FN4O5S. The van der Waals surface area contributed by atoms with E-state index in [1.165, 1.54) is 13.2 Å². The van der Waals surface area contributed by atoms with Crippen molar-refractivity contribution >= 4 is 40.2 Å². The van der Waals surface area contributed by atoms with Gasteiger partial charge >= 0.3 is 5.97 Å². The molecular weight excluding hydrogens is 391 g/mol. The summed E-state index contributed by atoms with van der Waals surface area (Å²) in [4.78, 5) is 26.9. The molecule has 0 radical (unpaired) electrons. The van der Waals surface area contributed by atoms with Crippen LogP contribution in [0.5, 0.6) is 5.75 Å². The van der Waals surface area contributed by atoms with E-state index in [1.54, 1.807) is 0 Å². The number of thiazole rings is 1. The summed E-state index contributed by atoms with van der Waals surface area (Å²) in [6.07, 6.45) is 2.02. The molecule has 0 aliphatic heterocycles. The van der Waals surface area contributed by atoms with Crippen LogP contribution in [0.25, 0.3) is 5.70 Å². The van der Waals surface area contributed by atoms with Crippen LogP contribution in [0.2, 0.25) is 0 Å². The third kappa shape index (κ3) is 4.90. The van der Waals surface area contributed by atoms with Gasteiger partial charge in [0, 0.05) is 30.5 Å². The molecule has 0 amide bonds. The van der Waals surface area contributed by atoms with Gasteiger partial charge in [-0.1, -0.05) is 0 Å². The minimum Gasteiger partial charge on any atom is -0.488 e. The fraction of sp³-hybridized carbons (Fsp3) is 0.176. The first-order chi connectivity index (χ1) is 13.2. The Hall–Kier alpha value is -3.31. The molecule has 28 heavy (non-hydrogen) atoms. The molecule has 1 aromatic heterocycles. The second-order valence-corrected chi connectivity index (χ2v) is 6.42. The lowest BCUT2D eigenvalue weighted by atomic mass is 10.0. The summed E-state index contributed by atoms with van der Waals surface area (Å²) in [7, 11) is 1.47. The Morgan fingerprint density at radius 3 is 2.71 bits per heavy atom. The molecule has 1 heterocycles. The monoisotopic (exact) mass is 408 g/mol. The SMILES string of the molecule is COCCOc1cc(N)c(C(=N)C(=O)/C=C(\N)c2ncc(C(=O)O)s2)cc1F. The molecule has 0 spiro atoms. The van der Waals surface area contributed by atoms with Gasteiger partial charge in [0.1, 0.15) is 22.2 Å². The number of ketones is 1. The molecule has 0 fully saturated rings. The second kappa shape index (κ2) is 9.06. The van der Waals surface area contributed by atoms with Crippen LogP contribution in [-0.2, 0) is 9.53 Å². The van der Waals surface area contributed by atoms with Crippen molar-refractivity contribution in [3.05, 3.63) is 45.7 Å². The summed E-state index contributed by atoms with van der Waals surface area (Å²) < 4.78 is 24.1. The zero-order valence-corrected chi connectivity index (χ0v) is 15.5. The van der Waals surface area contributed by atoms with Gasteiger partial charge in [-0.3, -0.25) is 10.2 Å². The number of carbonyl (C=O) groups excluding carboxylic acids is 1. The van der Waals surface area contributed by atoms with Gasteiger partial charge in [-0.25, -0.2) is 14.2 Å². The first-order valence-corrected chi connectivity index (χ1v) is 8.57. The fourth-order valence-electron chi connectivity index (χ4n) is 2.05. The number of rotatable bonds is 9. The zero-order chi connectivity index (χ0) is 20.8. The Balaban J connectivity index is 2.21. The number of ether oxygens (including phenoxy) is 2. The molecule has 148 valence electrons. The summed E-state index contributed by atoms with van der Waals surface area (Å²) in [5, 5.41) is 17.0. The smallest absolute Gasteiger partial charge is 0.347 e. The van der Waals surface area contributed by atoms with Crippen molar-refractivity contribution in [2.45, 2.75) is 0 Å². The molecule has 6 N–H and O–H groups in total. The number of aromatic nitrogens is 1. The number of allylic oxidation sites excluding steroid dienone is 1. The number of halogens is 1. The number of nitrogens with two attached hydrogens (primary N) is 2. The van der Waals surface area contributed by atoms with Crippen LogP contribution in [-0.4, -0.2) is 47.9 Å². The van der Waals surface area contributed by atoms with E-state index in [0.717, 1.165) is 29.7 Å². The van der Waals surface area contributed by atoms with Crippen molar-refractivity contribution in [1.29, 1.82) is 5.41 Å². The summed E-state index contributed by atoms with van der Waals surface area (Å²) in [6.45, 7) is 0.355. The van der Waals surface area contributed by atoms with Crippen LogP contribution in [0, 0.1) is 11.2 Å². The first-order valence-electron chi connectivity index (χ1n) is 7.75. The van der Waals surface area contributed by atoms with Gasteiger partial charge in [0.05, 0.1) is 18.5 Å². The quantitative estimate of drug-likeness (QED) is 0.210. The van der Waals surface area contributed by atoms with E-state index in [2.05, 4.69) is 4.98 Å². The normalized spacial score (nSPS) is 11.3. The number of aromatic carboxylic acids is 1. The molecule has 0 aliphatic rings. The van der Waals surface area contributed by atoms with Crippen molar-refractivity contribution in [2.75, 3.05) is 26.1 Å². The molecule has 0 saturated carbocycles. The summed E-state index contributed by atoms with van der Waals surface area (Å²) in [6, 6.07) is 2.10. The van der Waals surface area contributed by atoms with Crippen LogP contribution in [0.4, 0.5) is 10.1 Å². The van der Waals surface area contributed by atoms with Crippen LogP contribution >= 0.6 is 11.3 Å². The average Bonchev–Trinajstić information content (AvgIpc) is 3.14. The number of hydrogen-bond donors (Lipinski definition) is 4. The number of benzene rings is 1. The van der Waals surface area contributed by atoms with Gasteiger partial charge in [-0.2, -0.15) is 0 Å². The highest BCUT2D eigenvalue weighted by molar-refractivity contribution is 7.14. The van der Waals surface area contributed by atoms with Gasteiger partial charge in [0.25, 0.3) is 0 Å². The Morgan fingerprint density at radius 1 is 1.39 bits per heavy atom. The predicted molar refractivity (Wildman–Crippen MR) is 101 cm³/mol. The molecule has 11 heteroatoms. The summed E-state index contributed by atoms with van der Waals surface area (Å²) >= 11 is 0.777. The maximum atomic E-state index is 14.2. The Kier molecular flexibility index (Phi) is 6.79. The van der Waals surface area contributed by atoms with Crippen molar-refractivity contribution in [3.8, 4) is 5.75 Å². The van der Waals surface area contributed by atoms with Gasteiger partial charge in [-0.15, -0.1) is 11.3 Å². The molecule has 2 rings (SSSR count). The van der Waals surface area contributed by atoms with E-state index in [-0.39, 0.29) is 45.8 Å². The van der Waals surface area contributed by atoms with Crippen molar-refractivity contribution < 1.29 is 28.6 Å². The Morgan fingerprint density at radius 2 is 2.11 bits per heavy atom. The maximum Gasteiger partial charge on any atom is 0.347 e. The number of anilines is 1. The molecule has 9 nitrogen and oxygen atoms in total. The predicted octanol–water partition coefficient (Wildman–Crippen LogP) is 1.52. The Labute approximate surface area is 162 Å². The highest BCUT2D eigenvalue weighted by atomic mass is 32.1. The fourth-order valence-corrected chi connectivity index (χ4v) is 2.73. The number of nitrogens with zero attached hydrogens (tertiary/aromatic N) is 1. The van der Waals surface area contributed by atoms with Crippen molar-refractivity contribution in [1.82, 2.24) is 4.98 Å². The van der Waals surface area contributed by atoms with E-state index in [0.29, 0.717) is 0 Å². The number of hydrogen-bond acceptors (Lipinski definition) is 9. The summed E-state index contributed by atoms with van der Waals surface area (Å²) in [5.41, 5.74) is 10.7. The highest BCUT2D eigenvalue weighted by Gasteiger charge is 2.18. The molecule has 1 aromatic carbocycles. The average molecular weight is 408 g/mol. The van der Waals surface area contributed by atoms with Crippen LogP contribution in [0.1, 0.15) is 20.2 Å². The lowest BCUT2D eigenvalue weighted by molar-refractivity contribution is -0.108. The van der Waals surface area contributed by atoms with E-state index in [9.17, 15) is 14.0 Å². The molecule has 0 unspecified atom stereocenters. The third-order valence-corrected chi connectivity index (χ3v) is 4.45. The number of carbonyl (C=O) groups is 2. The third-order valence-electron chi connectivity index (χ3n) is 3.41. The van der Waals surface area contributed by atoms with Crippen molar-refractivity contribution in [3.63, 3.8) is 0 Å². The van der Waals surface area contributed by atoms with Gasteiger partial charge in [-0.05, 0) is 6.07 Å². The number of nitrogens with one attached hydrogen (secondary N) is 1. The molecule has 0 aliphatic carbocycles. The highest BCUT2D eigenvalue weighted by Crippen LogP contribution is 2.25. The number of methoxy groups -OCH3 is 1. The lowest BCUT2D eigenvalue weighted by Gasteiger charge is -2.11. The van der Waals surface area contributed by atoms with E-state index >= 15 is 0 Å². The van der Waals surface area contributed by atoms with E-state index < -0.39 is 23.3 Å². The zero-order valence-electron chi connectivity index (χ0n) is 14.7. The van der Waals surface area contributed by atoms with Gasteiger partial charge in [0.15, 0.2) is 11.6 Å². The molecule has 0 atom stereocenters. The largest absolute Gasteiger partial charge is 0.488 e. The maximum absolute atomic E-state index is 14.2. The standard InChI is InChI=1S/C17H17FN4O5S/c1-26-2-3-27-13-6-10(19)8(4-9(13)18)15(21)12(23)5-11(20)16-22-7-14(28-16)17(24)25/h4-7,21H,2-3,19-20H2,1H3,(H,24,25)/b11-5-,21-15?. The minimum atomic E-state index is -1.17. The lowest BCUT2D eigenvalue weighted by Crippen LogP contribution is -2.16. The van der Waals surface area contributed by atoms with Crippen LogP contribution in [0.3, 0.4) is 0 Å². The Bertz CT molecular complexity index is 957. The van der Waals surface area contributed by atoms with Crippen molar-refractivity contribution in [2.24, 2.45) is 5.73 Å². The topological polar surface area (TPSA) is 162 Å². The molecule has 0 saturated heterocycles. The summed E-state index contributed by atoms with van der Waals surface area (Å²) in [5.74, 6) is -2.94. The number of nitrogen functional groups attached to an aromatic ring is 1. The van der Waals surface area contributed by atoms with Crippen LogP contribution in [0.15, 0.2) is 24.4 Å². The van der Waals surface area contributed by atoms with Gasteiger partial charge < -0.3 is 26.0 Å². The van der Waals surface area contributed by atoms with Crippen LogP contribution < -0.4 is 16.2 Å². The van der Waals surface area contributed by atoms with E-state index in [1.807, 2.05) is 0 Å². The number of carboxylic acids is 1. The molecule has 2 aromatic rings. The van der Waals surface area contributed by atoms with E-state index in [4.69, 9.17) is 31.5 Å². The minimum absolute atomic E-state index is 0.0263.